The van der Waals surface area contributed by atoms with Gasteiger partial charge in [-0.3, -0.25) is 5.32 Å². The fourth-order valence-corrected chi connectivity index (χ4v) is 4.51. The highest BCUT2D eigenvalue weighted by atomic mass is 32.1. The van der Waals surface area contributed by atoms with Crippen LogP contribution in [-0.4, -0.2) is 28.0 Å². The molecule has 2 aliphatic rings. The number of carbonyl (C=O) groups is 1. The van der Waals surface area contributed by atoms with E-state index in [0.717, 1.165) is 49.1 Å². The molecule has 4 nitrogen and oxygen atoms in total. The van der Waals surface area contributed by atoms with Crippen molar-refractivity contribution in [3.05, 3.63) is 11.3 Å². The number of urea groups is 1. The summed E-state index contributed by atoms with van der Waals surface area (Å²) in [5.74, 6) is 0.760. The van der Waals surface area contributed by atoms with Crippen LogP contribution in [0.3, 0.4) is 0 Å². The maximum Gasteiger partial charge on any atom is 0.324 e. The van der Waals surface area contributed by atoms with E-state index in [1.807, 2.05) is 0 Å². The molecule has 128 valence electrons. The third kappa shape index (κ3) is 4.22. The Balaban J connectivity index is 1.71. The molecule has 0 saturated heterocycles. The van der Waals surface area contributed by atoms with Crippen LogP contribution in [0.1, 0.15) is 64.7 Å². The normalized spacial score (nSPS) is 26.0. The van der Waals surface area contributed by atoms with E-state index in [4.69, 9.17) is 0 Å². The van der Waals surface area contributed by atoms with Crippen molar-refractivity contribution in [3.63, 3.8) is 0 Å². The molecule has 3 rings (SSSR count). The molecule has 0 atom stereocenters. The molecular formula is C17H26FN3OS. The number of halogens is 1. The van der Waals surface area contributed by atoms with Crippen molar-refractivity contribution in [1.82, 2.24) is 9.88 Å². The molecule has 0 radical (unpaired) electrons. The molecule has 0 spiro atoms. The van der Waals surface area contributed by atoms with Crippen LogP contribution in [0.15, 0.2) is 6.20 Å². The summed E-state index contributed by atoms with van der Waals surface area (Å²) in [6.45, 7) is 2.29. The van der Waals surface area contributed by atoms with Crippen molar-refractivity contribution in [1.29, 1.82) is 0 Å². The zero-order valence-electron chi connectivity index (χ0n) is 13.8. The van der Waals surface area contributed by atoms with Gasteiger partial charge in [-0.15, -0.1) is 0 Å². The standard InChI is InChI=1S/C17H26FN3OS/c1-12-7-9-14(10-8-12)21(13-5-3-2-4-6-13)17(22)20-16-19-11-15(18)23-16/h11-14H,2-10H2,1H3,(H,19,20,22). The third-order valence-corrected chi connectivity index (χ3v) is 5.97. The fourth-order valence-electron chi connectivity index (χ4n) is 3.98. The summed E-state index contributed by atoms with van der Waals surface area (Å²) in [6, 6.07) is 0.553. The van der Waals surface area contributed by atoms with Gasteiger partial charge in [0, 0.05) is 12.1 Å². The van der Waals surface area contributed by atoms with Crippen LogP contribution in [0.4, 0.5) is 14.3 Å². The first-order valence-corrected chi connectivity index (χ1v) is 9.66. The fraction of sp³-hybridized carbons (Fsp3) is 0.765. The first-order chi connectivity index (χ1) is 11.1. The Kier molecular flexibility index (Phi) is 5.51. The van der Waals surface area contributed by atoms with E-state index in [2.05, 4.69) is 22.1 Å². The average Bonchev–Trinajstić information content (AvgIpc) is 2.95. The van der Waals surface area contributed by atoms with E-state index in [1.165, 1.54) is 32.1 Å². The molecule has 2 saturated carbocycles. The van der Waals surface area contributed by atoms with E-state index in [-0.39, 0.29) is 11.2 Å². The Bertz CT molecular complexity index is 522. The van der Waals surface area contributed by atoms with Gasteiger partial charge in [0.1, 0.15) is 0 Å². The van der Waals surface area contributed by atoms with Crippen molar-refractivity contribution in [2.45, 2.75) is 76.8 Å². The van der Waals surface area contributed by atoms with Gasteiger partial charge in [0.25, 0.3) is 0 Å². The first kappa shape index (κ1) is 16.7. The molecule has 0 unspecified atom stereocenters. The van der Waals surface area contributed by atoms with Gasteiger partial charge in [-0.2, -0.15) is 4.39 Å². The van der Waals surface area contributed by atoms with Crippen molar-refractivity contribution in [2.75, 3.05) is 5.32 Å². The third-order valence-electron chi connectivity index (χ3n) is 5.27. The number of amides is 2. The smallest absolute Gasteiger partial charge is 0.319 e. The Morgan fingerprint density at radius 2 is 1.83 bits per heavy atom. The van der Waals surface area contributed by atoms with Gasteiger partial charge in [0.2, 0.25) is 0 Å². The SMILES string of the molecule is CC1CCC(N(C(=O)Nc2ncc(F)s2)C2CCCCC2)CC1. The van der Waals surface area contributed by atoms with E-state index in [1.54, 1.807) is 0 Å². The lowest BCUT2D eigenvalue weighted by Crippen LogP contribution is -2.51. The van der Waals surface area contributed by atoms with Crippen molar-refractivity contribution < 1.29 is 9.18 Å². The number of thiazole rings is 1. The maximum absolute atomic E-state index is 13.1. The van der Waals surface area contributed by atoms with Crippen LogP contribution in [0.5, 0.6) is 0 Å². The first-order valence-electron chi connectivity index (χ1n) is 8.84. The summed E-state index contributed by atoms with van der Waals surface area (Å²) in [6.07, 6.45) is 11.5. The lowest BCUT2D eigenvalue weighted by atomic mass is 9.84. The largest absolute Gasteiger partial charge is 0.324 e. The van der Waals surface area contributed by atoms with E-state index in [0.29, 0.717) is 17.2 Å². The molecule has 1 aromatic heterocycles. The summed E-state index contributed by atoms with van der Waals surface area (Å²) in [4.78, 5) is 18.9. The minimum atomic E-state index is -0.365. The minimum absolute atomic E-state index is 0.0918. The lowest BCUT2D eigenvalue weighted by molar-refractivity contribution is 0.105. The monoisotopic (exact) mass is 339 g/mol. The molecule has 0 aliphatic heterocycles. The molecular weight excluding hydrogens is 313 g/mol. The molecule has 2 aliphatic carbocycles. The van der Waals surface area contributed by atoms with E-state index >= 15 is 0 Å². The summed E-state index contributed by atoms with van der Waals surface area (Å²) >= 11 is 0.891. The Morgan fingerprint density at radius 1 is 1.17 bits per heavy atom. The van der Waals surface area contributed by atoms with Crippen LogP contribution in [-0.2, 0) is 0 Å². The number of rotatable bonds is 3. The minimum Gasteiger partial charge on any atom is -0.319 e. The zero-order chi connectivity index (χ0) is 16.2. The molecule has 1 N–H and O–H groups in total. The van der Waals surface area contributed by atoms with Crippen LogP contribution in [0.25, 0.3) is 0 Å². The van der Waals surface area contributed by atoms with Crippen molar-refractivity contribution in [2.24, 2.45) is 5.92 Å². The maximum atomic E-state index is 13.1. The Labute approximate surface area is 141 Å². The second-order valence-electron chi connectivity index (χ2n) is 7.01. The van der Waals surface area contributed by atoms with E-state index in [9.17, 15) is 9.18 Å². The van der Waals surface area contributed by atoms with Crippen LogP contribution in [0, 0.1) is 11.0 Å². The second kappa shape index (κ2) is 7.60. The number of hydrogen-bond acceptors (Lipinski definition) is 3. The summed E-state index contributed by atoms with van der Waals surface area (Å²) in [5, 5.41) is 2.82. The number of carbonyl (C=O) groups excluding carboxylic acids is 1. The number of nitrogens with zero attached hydrogens (tertiary/aromatic N) is 2. The molecule has 1 heterocycles. The molecule has 0 bridgehead atoms. The molecule has 6 heteroatoms. The van der Waals surface area contributed by atoms with E-state index < -0.39 is 0 Å². The van der Waals surface area contributed by atoms with Crippen LogP contribution < -0.4 is 5.32 Å². The number of nitrogens with one attached hydrogen (secondary N) is 1. The summed E-state index contributed by atoms with van der Waals surface area (Å²) < 4.78 is 13.1. The van der Waals surface area contributed by atoms with Crippen molar-refractivity contribution >= 4 is 22.5 Å². The number of anilines is 1. The molecule has 0 aromatic carbocycles. The van der Waals surface area contributed by atoms with Gasteiger partial charge in [0.05, 0.1) is 6.20 Å². The van der Waals surface area contributed by atoms with Gasteiger partial charge in [-0.05, 0) is 44.4 Å². The van der Waals surface area contributed by atoms with Gasteiger partial charge < -0.3 is 4.90 Å². The quantitative estimate of drug-likeness (QED) is 0.839. The highest BCUT2D eigenvalue weighted by Crippen LogP contribution is 2.33. The molecule has 23 heavy (non-hydrogen) atoms. The molecule has 2 amide bonds. The predicted octanol–water partition coefficient (Wildman–Crippen LogP) is 5.03. The molecule has 1 aromatic rings. The molecule has 2 fully saturated rings. The topological polar surface area (TPSA) is 45.2 Å². The number of aromatic nitrogens is 1. The lowest BCUT2D eigenvalue weighted by Gasteiger charge is -2.42. The Hall–Kier alpha value is -1.17. The van der Waals surface area contributed by atoms with Gasteiger partial charge in [0.15, 0.2) is 10.3 Å². The van der Waals surface area contributed by atoms with Gasteiger partial charge >= 0.3 is 6.03 Å². The predicted molar refractivity (Wildman–Crippen MR) is 91.2 cm³/mol. The number of hydrogen-bond donors (Lipinski definition) is 1. The van der Waals surface area contributed by atoms with Crippen molar-refractivity contribution in [3.8, 4) is 0 Å². The van der Waals surface area contributed by atoms with Crippen LogP contribution >= 0.6 is 11.3 Å². The second-order valence-corrected chi connectivity index (χ2v) is 7.99. The Morgan fingerprint density at radius 3 is 2.43 bits per heavy atom. The van der Waals surface area contributed by atoms with Gasteiger partial charge in [-0.25, -0.2) is 9.78 Å². The average molecular weight is 339 g/mol. The highest BCUT2D eigenvalue weighted by Gasteiger charge is 2.33. The van der Waals surface area contributed by atoms with Crippen LogP contribution in [0.2, 0.25) is 0 Å². The summed E-state index contributed by atoms with van der Waals surface area (Å²) in [5.41, 5.74) is 0. The zero-order valence-corrected chi connectivity index (χ0v) is 14.6. The highest BCUT2D eigenvalue weighted by molar-refractivity contribution is 7.14. The van der Waals surface area contributed by atoms with Gasteiger partial charge in [-0.1, -0.05) is 37.5 Å². The summed E-state index contributed by atoms with van der Waals surface area (Å²) in [7, 11) is 0.